The topological polar surface area (TPSA) is 29.1 Å². The van der Waals surface area contributed by atoms with Crippen molar-refractivity contribution in [2.75, 3.05) is 0 Å². The van der Waals surface area contributed by atoms with E-state index in [4.69, 9.17) is 0 Å². The Hall–Kier alpha value is -1.31. The van der Waals surface area contributed by atoms with Crippen molar-refractivity contribution >= 4 is 5.91 Å². The number of rotatable bonds is 0. The monoisotopic (exact) mass is 191 g/mol. The maximum Gasteiger partial charge on any atom is 0.228 e. The summed E-state index contributed by atoms with van der Waals surface area (Å²) in [5, 5.41) is 2.85. The van der Waals surface area contributed by atoms with Crippen LogP contribution >= 0.6 is 0 Å². The van der Waals surface area contributed by atoms with Crippen LogP contribution in [-0.4, -0.2) is 5.91 Å². The molecule has 2 rings (SSSR count). The zero-order chi connectivity index (χ0) is 10.6. The van der Waals surface area contributed by atoms with Gasteiger partial charge in [-0.1, -0.05) is 32.1 Å². The predicted octanol–water partition coefficient (Wildman–Crippen LogP) is 2.69. The first kappa shape index (κ1) is 10.8. The molecule has 0 bridgehead atoms. The quantitative estimate of drug-likeness (QED) is 0.626. The van der Waals surface area contributed by atoms with Gasteiger partial charge in [-0.2, -0.15) is 0 Å². The smallest absolute Gasteiger partial charge is 0.228 e. The molecule has 0 saturated carbocycles. The van der Waals surface area contributed by atoms with Gasteiger partial charge in [0.15, 0.2) is 0 Å². The molecule has 1 fully saturated rings. The summed E-state index contributed by atoms with van der Waals surface area (Å²) >= 11 is 0. The number of nitrogens with one attached hydrogen (secondary N) is 1. The molecule has 1 aliphatic heterocycles. The van der Waals surface area contributed by atoms with Crippen molar-refractivity contribution < 1.29 is 4.79 Å². The highest BCUT2D eigenvalue weighted by Gasteiger charge is 2.21. The van der Waals surface area contributed by atoms with Crippen LogP contribution in [0.5, 0.6) is 0 Å². The Morgan fingerprint density at radius 1 is 1.36 bits per heavy atom. The van der Waals surface area contributed by atoms with E-state index >= 15 is 0 Å². The first-order valence-corrected chi connectivity index (χ1v) is 5.14. The third-order valence-corrected chi connectivity index (χ3v) is 2.24. The van der Waals surface area contributed by atoms with Crippen LogP contribution in [0.1, 0.15) is 33.6 Å². The van der Waals surface area contributed by atoms with Gasteiger partial charge < -0.3 is 5.32 Å². The summed E-state index contributed by atoms with van der Waals surface area (Å²) in [6, 6.07) is 0. The fourth-order valence-electron chi connectivity index (χ4n) is 1.58. The maximum absolute atomic E-state index is 11.1. The molecule has 1 N–H and O–H groups in total. The lowest BCUT2D eigenvalue weighted by molar-refractivity contribution is -0.118. The van der Waals surface area contributed by atoms with E-state index in [0.29, 0.717) is 6.42 Å². The summed E-state index contributed by atoms with van der Waals surface area (Å²) in [4.78, 5) is 11.1. The van der Waals surface area contributed by atoms with Crippen molar-refractivity contribution in [3.8, 4) is 0 Å². The van der Waals surface area contributed by atoms with E-state index in [2.05, 4.69) is 23.5 Å². The van der Waals surface area contributed by atoms with E-state index in [1.165, 1.54) is 5.57 Å². The summed E-state index contributed by atoms with van der Waals surface area (Å²) in [6.07, 6.45) is 7.71. The normalized spacial score (nSPS) is 19.1. The molecular weight excluding hydrogens is 174 g/mol. The van der Waals surface area contributed by atoms with Gasteiger partial charge in [0.05, 0.1) is 6.42 Å². The van der Waals surface area contributed by atoms with Crippen LogP contribution in [-0.2, 0) is 4.79 Å². The van der Waals surface area contributed by atoms with Gasteiger partial charge in [0.1, 0.15) is 0 Å². The zero-order valence-corrected chi connectivity index (χ0v) is 9.05. The number of hydrogen-bond acceptors (Lipinski definition) is 1. The average molecular weight is 191 g/mol. The van der Waals surface area contributed by atoms with Gasteiger partial charge >= 0.3 is 0 Å². The Balaban J connectivity index is 0.000000461. The lowest BCUT2D eigenvalue weighted by atomic mass is 10.1. The maximum atomic E-state index is 11.1. The molecule has 0 aromatic heterocycles. The Morgan fingerprint density at radius 2 is 2.07 bits per heavy atom. The van der Waals surface area contributed by atoms with Gasteiger partial charge in [-0.05, 0) is 24.5 Å². The second kappa shape index (κ2) is 4.80. The molecule has 0 unspecified atom stereocenters. The van der Waals surface area contributed by atoms with Crippen LogP contribution in [0.25, 0.3) is 0 Å². The Labute approximate surface area is 85.4 Å². The van der Waals surface area contributed by atoms with Crippen molar-refractivity contribution in [2.24, 2.45) is 0 Å². The average Bonchev–Trinajstić information content (AvgIpc) is 2.49. The number of allylic oxidation sites excluding steroid dienone is 5. The van der Waals surface area contributed by atoms with Gasteiger partial charge in [0.25, 0.3) is 0 Å². The molecule has 2 heteroatoms. The van der Waals surface area contributed by atoms with Crippen LogP contribution in [0, 0.1) is 0 Å². The third kappa shape index (κ3) is 2.13. The highest BCUT2D eigenvalue weighted by Crippen LogP contribution is 2.25. The number of carbonyl (C=O) groups is 1. The highest BCUT2D eigenvalue weighted by atomic mass is 16.1. The second-order valence-electron chi connectivity index (χ2n) is 3.14. The number of amides is 1. The van der Waals surface area contributed by atoms with Crippen LogP contribution in [0.2, 0.25) is 0 Å². The molecule has 14 heavy (non-hydrogen) atoms. The molecule has 0 radical (unpaired) electrons. The SMILES string of the molecule is CC.CC1=C2CC(=O)NC2=CCC=C1. The second-order valence-corrected chi connectivity index (χ2v) is 3.14. The largest absolute Gasteiger partial charge is 0.326 e. The lowest BCUT2D eigenvalue weighted by Crippen LogP contribution is -2.11. The minimum Gasteiger partial charge on any atom is -0.326 e. The minimum atomic E-state index is 0.117. The molecule has 2 nitrogen and oxygen atoms in total. The molecule has 1 saturated heterocycles. The molecule has 1 heterocycles. The van der Waals surface area contributed by atoms with Gasteiger partial charge in [0, 0.05) is 5.70 Å². The van der Waals surface area contributed by atoms with E-state index in [1.807, 2.05) is 20.8 Å². The standard InChI is InChI=1S/C10H11NO.C2H6/c1-7-4-2-3-5-9-8(7)6-10(12)11-9;1-2/h2,4-5H,3,6H2,1H3,(H,11,12);1-2H3. The van der Waals surface area contributed by atoms with Crippen LogP contribution in [0.4, 0.5) is 0 Å². The molecule has 0 aromatic carbocycles. The predicted molar refractivity (Wildman–Crippen MR) is 58.6 cm³/mol. The van der Waals surface area contributed by atoms with Gasteiger partial charge in [0.2, 0.25) is 5.91 Å². The number of fused-ring (bicyclic) bond motifs is 1. The molecule has 0 atom stereocenters. The van der Waals surface area contributed by atoms with E-state index < -0.39 is 0 Å². The van der Waals surface area contributed by atoms with Gasteiger partial charge in [-0.3, -0.25) is 4.79 Å². The molecular formula is C12H17NO. The lowest BCUT2D eigenvalue weighted by Gasteiger charge is -1.99. The zero-order valence-electron chi connectivity index (χ0n) is 9.05. The Kier molecular flexibility index (Phi) is 3.69. The van der Waals surface area contributed by atoms with E-state index in [9.17, 15) is 4.79 Å². The van der Waals surface area contributed by atoms with Gasteiger partial charge in [-0.25, -0.2) is 0 Å². The number of carbonyl (C=O) groups excluding carboxylic acids is 1. The van der Waals surface area contributed by atoms with Gasteiger partial charge in [-0.15, -0.1) is 0 Å². The summed E-state index contributed by atoms with van der Waals surface area (Å²) in [5.74, 6) is 0.117. The highest BCUT2D eigenvalue weighted by molar-refractivity contribution is 5.87. The Morgan fingerprint density at radius 3 is 2.79 bits per heavy atom. The van der Waals surface area contributed by atoms with Crippen molar-refractivity contribution in [1.82, 2.24) is 5.32 Å². The molecule has 1 aliphatic carbocycles. The van der Waals surface area contributed by atoms with Crippen molar-refractivity contribution in [1.29, 1.82) is 0 Å². The summed E-state index contributed by atoms with van der Waals surface area (Å²) in [7, 11) is 0. The van der Waals surface area contributed by atoms with Crippen molar-refractivity contribution in [2.45, 2.75) is 33.6 Å². The van der Waals surface area contributed by atoms with E-state index in [0.717, 1.165) is 17.7 Å². The van der Waals surface area contributed by atoms with E-state index in [-0.39, 0.29) is 5.91 Å². The number of hydrogen-bond donors (Lipinski definition) is 1. The first-order valence-electron chi connectivity index (χ1n) is 5.14. The summed E-state index contributed by atoms with van der Waals surface area (Å²) < 4.78 is 0. The van der Waals surface area contributed by atoms with Crippen molar-refractivity contribution in [3.63, 3.8) is 0 Å². The Bertz CT molecular complexity index is 321. The van der Waals surface area contributed by atoms with Crippen LogP contribution in [0.15, 0.2) is 35.1 Å². The minimum absolute atomic E-state index is 0.117. The molecule has 76 valence electrons. The molecule has 0 spiro atoms. The third-order valence-electron chi connectivity index (χ3n) is 2.24. The van der Waals surface area contributed by atoms with Crippen LogP contribution in [0.3, 0.4) is 0 Å². The molecule has 0 aromatic rings. The fraction of sp³-hybridized carbons (Fsp3) is 0.417. The first-order chi connectivity index (χ1) is 6.77. The van der Waals surface area contributed by atoms with Crippen molar-refractivity contribution in [3.05, 3.63) is 35.1 Å². The fourth-order valence-corrected chi connectivity index (χ4v) is 1.58. The van der Waals surface area contributed by atoms with E-state index in [1.54, 1.807) is 0 Å². The molecule has 1 amide bonds. The molecule has 2 aliphatic rings. The summed E-state index contributed by atoms with van der Waals surface area (Å²) in [5.41, 5.74) is 3.38. The summed E-state index contributed by atoms with van der Waals surface area (Å²) in [6.45, 7) is 6.05. The van der Waals surface area contributed by atoms with Crippen LogP contribution < -0.4 is 5.32 Å².